The van der Waals surface area contributed by atoms with Gasteiger partial charge >= 0.3 is 5.76 Å². The van der Waals surface area contributed by atoms with Gasteiger partial charge in [-0.05, 0) is 18.2 Å². The molecular formula is C13H9Cl2N3O2. The number of hydrogen-bond acceptors (Lipinski definition) is 4. The minimum absolute atomic E-state index is 0.392. The third-order valence-electron chi connectivity index (χ3n) is 2.81. The van der Waals surface area contributed by atoms with Crippen molar-refractivity contribution in [2.24, 2.45) is 0 Å². The first-order valence-corrected chi connectivity index (χ1v) is 6.43. The van der Waals surface area contributed by atoms with Crippen LogP contribution in [0.5, 0.6) is 0 Å². The molecule has 0 saturated heterocycles. The molecule has 0 aliphatic heterocycles. The highest BCUT2D eigenvalue weighted by Gasteiger charge is 2.10. The van der Waals surface area contributed by atoms with Crippen LogP contribution >= 0.6 is 23.2 Å². The summed E-state index contributed by atoms with van der Waals surface area (Å²) >= 11 is 12.2. The number of benzene rings is 2. The van der Waals surface area contributed by atoms with E-state index in [0.29, 0.717) is 38.2 Å². The van der Waals surface area contributed by atoms with Crippen molar-refractivity contribution in [1.82, 2.24) is 4.98 Å². The van der Waals surface area contributed by atoms with E-state index in [1.54, 1.807) is 30.3 Å². The lowest BCUT2D eigenvalue weighted by Crippen LogP contribution is -1.97. The number of oxazole rings is 1. The standard InChI is InChI=1S/C13H9Cl2N3O2/c14-6-2-1-3-7(15)12(6)17-9-5-10-11(4-8(9)16)20-13(19)18-10/h1-5,17H,16H2,(H,18,19). The summed E-state index contributed by atoms with van der Waals surface area (Å²) in [7, 11) is 0. The molecule has 20 heavy (non-hydrogen) atoms. The molecule has 5 nitrogen and oxygen atoms in total. The molecule has 0 aliphatic rings. The van der Waals surface area contributed by atoms with Crippen LogP contribution in [0.25, 0.3) is 11.1 Å². The summed E-state index contributed by atoms with van der Waals surface area (Å²) in [5, 5.41) is 4.00. The summed E-state index contributed by atoms with van der Waals surface area (Å²) in [4.78, 5) is 13.7. The van der Waals surface area contributed by atoms with Gasteiger partial charge in [0.2, 0.25) is 0 Å². The topological polar surface area (TPSA) is 84.0 Å². The van der Waals surface area contributed by atoms with Gasteiger partial charge in [-0.3, -0.25) is 4.98 Å². The molecule has 3 aromatic rings. The Bertz CT molecular complexity index is 834. The molecule has 0 amide bonds. The normalized spacial score (nSPS) is 10.9. The molecule has 0 bridgehead atoms. The minimum atomic E-state index is -0.535. The van der Waals surface area contributed by atoms with Crippen LogP contribution in [0.15, 0.2) is 39.5 Å². The van der Waals surface area contributed by atoms with Crippen LogP contribution in [0.1, 0.15) is 0 Å². The molecule has 0 unspecified atom stereocenters. The highest BCUT2D eigenvalue weighted by Crippen LogP contribution is 2.35. The molecule has 0 saturated carbocycles. The Morgan fingerprint density at radius 3 is 2.60 bits per heavy atom. The van der Waals surface area contributed by atoms with Gasteiger partial charge in [-0.15, -0.1) is 0 Å². The Morgan fingerprint density at radius 2 is 1.90 bits per heavy atom. The molecule has 0 aliphatic carbocycles. The summed E-state index contributed by atoms with van der Waals surface area (Å²) in [6.07, 6.45) is 0. The Hall–Kier alpha value is -2.11. The molecule has 1 aromatic heterocycles. The molecule has 102 valence electrons. The van der Waals surface area contributed by atoms with Crippen LogP contribution in [0, 0.1) is 0 Å². The maximum Gasteiger partial charge on any atom is 0.417 e. The van der Waals surface area contributed by atoms with Crippen LogP contribution in [-0.4, -0.2) is 4.98 Å². The summed E-state index contributed by atoms with van der Waals surface area (Å²) in [6.45, 7) is 0. The average molecular weight is 310 g/mol. The zero-order valence-corrected chi connectivity index (χ0v) is 11.5. The monoisotopic (exact) mass is 309 g/mol. The highest BCUT2D eigenvalue weighted by atomic mass is 35.5. The van der Waals surface area contributed by atoms with Crippen LogP contribution in [0.4, 0.5) is 17.1 Å². The summed E-state index contributed by atoms with van der Waals surface area (Å²) in [6, 6.07) is 8.39. The van der Waals surface area contributed by atoms with E-state index < -0.39 is 5.76 Å². The lowest BCUT2D eigenvalue weighted by atomic mass is 10.2. The fourth-order valence-electron chi connectivity index (χ4n) is 1.87. The highest BCUT2D eigenvalue weighted by molar-refractivity contribution is 6.39. The van der Waals surface area contributed by atoms with Crippen LogP contribution < -0.4 is 16.8 Å². The SMILES string of the molecule is Nc1cc2oc(=O)[nH]c2cc1Nc1c(Cl)cccc1Cl. The van der Waals surface area contributed by atoms with Crippen molar-refractivity contribution in [3.8, 4) is 0 Å². The number of anilines is 3. The molecule has 2 aromatic carbocycles. The maximum absolute atomic E-state index is 11.2. The Balaban J connectivity index is 2.10. The number of hydrogen-bond donors (Lipinski definition) is 3. The van der Waals surface area contributed by atoms with Gasteiger partial charge in [0.1, 0.15) is 0 Å². The van der Waals surface area contributed by atoms with Gasteiger partial charge in [0.05, 0.1) is 32.6 Å². The van der Waals surface area contributed by atoms with Crippen molar-refractivity contribution >= 4 is 51.4 Å². The number of nitrogens with one attached hydrogen (secondary N) is 2. The molecule has 0 atom stereocenters. The average Bonchev–Trinajstić information content (AvgIpc) is 2.73. The largest absolute Gasteiger partial charge is 0.417 e. The van der Waals surface area contributed by atoms with Crippen molar-refractivity contribution < 1.29 is 4.42 Å². The second kappa shape index (κ2) is 4.77. The minimum Gasteiger partial charge on any atom is -0.408 e. The number of aromatic amines is 1. The van der Waals surface area contributed by atoms with Crippen LogP contribution in [0.3, 0.4) is 0 Å². The predicted octanol–water partition coefficient (Wildman–Crippen LogP) is 3.75. The fraction of sp³-hybridized carbons (Fsp3) is 0. The van der Waals surface area contributed by atoms with E-state index in [4.69, 9.17) is 33.4 Å². The molecular weight excluding hydrogens is 301 g/mol. The van der Waals surface area contributed by atoms with Gasteiger partial charge in [0.15, 0.2) is 5.58 Å². The molecule has 0 spiro atoms. The summed E-state index contributed by atoms with van der Waals surface area (Å²) in [5.41, 5.74) is 8.38. The first kappa shape index (κ1) is 12.9. The Labute approximate surface area is 123 Å². The number of rotatable bonds is 2. The third kappa shape index (κ3) is 2.21. The number of nitrogens with two attached hydrogens (primary N) is 1. The number of aromatic nitrogens is 1. The van der Waals surface area contributed by atoms with E-state index in [9.17, 15) is 4.79 Å². The number of H-pyrrole nitrogens is 1. The quantitative estimate of drug-likeness (QED) is 0.629. The van der Waals surface area contributed by atoms with Crippen LogP contribution in [0.2, 0.25) is 10.0 Å². The first-order valence-electron chi connectivity index (χ1n) is 5.68. The van der Waals surface area contributed by atoms with Gasteiger partial charge in [-0.2, -0.15) is 0 Å². The fourth-order valence-corrected chi connectivity index (χ4v) is 2.37. The molecule has 0 radical (unpaired) electrons. The summed E-state index contributed by atoms with van der Waals surface area (Å²) in [5.74, 6) is -0.535. The van der Waals surface area contributed by atoms with Crippen LogP contribution in [-0.2, 0) is 0 Å². The zero-order chi connectivity index (χ0) is 14.3. The van der Waals surface area contributed by atoms with E-state index in [1.807, 2.05) is 0 Å². The van der Waals surface area contributed by atoms with Gasteiger partial charge < -0.3 is 15.5 Å². The second-order valence-electron chi connectivity index (χ2n) is 4.17. The van der Waals surface area contributed by atoms with E-state index in [1.165, 1.54) is 0 Å². The smallest absolute Gasteiger partial charge is 0.408 e. The third-order valence-corrected chi connectivity index (χ3v) is 3.44. The molecule has 7 heteroatoms. The predicted molar refractivity (Wildman–Crippen MR) is 81.0 cm³/mol. The second-order valence-corrected chi connectivity index (χ2v) is 4.99. The lowest BCUT2D eigenvalue weighted by Gasteiger charge is -2.12. The van der Waals surface area contributed by atoms with E-state index in [-0.39, 0.29) is 0 Å². The Kier molecular flexibility index (Phi) is 3.08. The number of nitrogen functional groups attached to an aromatic ring is 1. The van der Waals surface area contributed by atoms with Gasteiger partial charge in [-0.25, -0.2) is 4.79 Å². The van der Waals surface area contributed by atoms with Crippen molar-refractivity contribution in [3.63, 3.8) is 0 Å². The number of halogens is 2. The summed E-state index contributed by atoms with van der Waals surface area (Å²) < 4.78 is 4.93. The molecule has 3 rings (SSSR count). The van der Waals surface area contributed by atoms with E-state index in [0.717, 1.165) is 0 Å². The molecule has 4 N–H and O–H groups in total. The van der Waals surface area contributed by atoms with E-state index >= 15 is 0 Å². The number of para-hydroxylation sites is 1. The van der Waals surface area contributed by atoms with Gasteiger partial charge in [0, 0.05) is 6.07 Å². The van der Waals surface area contributed by atoms with Gasteiger partial charge in [0.25, 0.3) is 0 Å². The molecule has 0 fully saturated rings. The Morgan fingerprint density at radius 1 is 1.20 bits per heavy atom. The van der Waals surface area contributed by atoms with Crippen molar-refractivity contribution in [3.05, 3.63) is 50.9 Å². The lowest BCUT2D eigenvalue weighted by molar-refractivity contribution is 0.555. The maximum atomic E-state index is 11.2. The van der Waals surface area contributed by atoms with Gasteiger partial charge in [-0.1, -0.05) is 29.3 Å². The first-order chi connectivity index (χ1) is 9.54. The molecule has 1 heterocycles. The van der Waals surface area contributed by atoms with Crippen molar-refractivity contribution in [2.45, 2.75) is 0 Å². The van der Waals surface area contributed by atoms with E-state index in [2.05, 4.69) is 10.3 Å². The zero-order valence-electron chi connectivity index (χ0n) is 10.0. The number of fused-ring (bicyclic) bond motifs is 1. The van der Waals surface area contributed by atoms with Crippen molar-refractivity contribution in [2.75, 3.05) is 11.1 Å². The van der Waals surface area contributed by atoms with Crippen molar-refractivity contribution in [1.29, 1.82) is 0 Å².